The Balaban J connectivity index is 3.05. The molecule has 0 aliphatic heterocycles. The molecule has 17 heavy (non-hydrogen) atoms. The van der Waals surface area contributed by atoms with Crippen LogP contribution in [0.3, 0.4) is 0 Å². The lowest BCUT2D eigenvalue weighted by molar-refractivity contribution is 0.523. The zero-order valence-corrected chi connectivity index (χ0v) is 11.5. The molecule has 0 fully saturated rings. The maximum Gasteiger partial charge on any atom is 0.178 e. The van der Waals surface area contributed by atoms with E-state index in [1.54, 1.807) is 25.1 Å². The van der Waals surface area contributed by atoms with Crippen molar-refractivity contribution in [1.29, 1.82) is 0 Å². The normalized spacial score (nSPS) is 12.0. The molecule has 0 saturated heterocycles. The van der Waals surface area contributed by atoms with Crippen LogP contribution in [0.5, 0.6) is 0 Å². The van der Waals surface area contributed by atoms with Crippen molar-refractivity contribution in [3.05, 3.63) is 23.8 Å². The second kappa shape index (κ2) is 5.54. The van der Waals surface area contributed by atoms with E-state index in [-0.39, 0.29) is 11.7 Å². The molecule has 4 heteroatoms. The van der Waals surface area contributed by atoms with Crippen molar-refractivity contribution >= 4 is 15.5 Å². The highest BCUT2D eigenvalue weighted by atomic mass is 32.2. The van der Waals surface area contributed by atoms with E-state index in [9.17, 15) is 8.42 Å². The number of hydrogen-bond donors (Lipinski definition) is 1. The first-order valence-corrected chi connectivity index (χ1v) is 7.64. The van der Waals surface area contributed by atoms with Crippen LogP contribution in [0.4, 0.5) is 5.69 Å². The minimum absolute atomic E-state index is 0.227. The van der Waals surface area contributed by atoms with Gasteiger partial charge >= 0.3 is 0 Å². The third kappa shape index (κ3) is 3.46. The summed E-state index contributed by atoms with van der Waals surface area (Å²) in [6.45, 7) is 5.84. The maximum absolute atomic E-state index is 12.3. The molecule has 1 rings (SSSR count). The second-order valence-electron chi connectivity index (χ2n) is 4.49. The first kappa shape index (κ1) is 14.0. The van der Waals surface area contributed by atoms with Crippen molar-refractivity contribution in [2.24, 2.45) is 5.92 Å². The minimum Gasteiger partial charge on any atom is -0.399 e. The molecule has 0 heterocycles. The average Bonchev–Trinajstić information content (AvgIpc) is 2.25. The van der Waals surface area contributed by atoms with Gasteiger partial charge in [-0.15, -0.1) is 0 Å². The van der Waals surface area contributed by atoms with E-state index in [2.05, 4.69) is 0 Å². The fourth-order valence-corrected chi connectivity index (χ4v) is 4.04. The number of sulfone groups is 1. The predicted molar refractivity (Wildman–Crippen MR) is 71.7 cm³/mol. The topological polar surface area (TPSA) is 60.2 Å². The lowest BCUT2D eigenvalue weighted by Crippen LogP contribution is -2.16. The highest BCUT2D eigenvalue weighted by Crippen LogP contribution is 2.22. The summed E-state index contributed by atoms with van der Waals surface area (Å²) in [5, 5.41) is 0. The monoisotopic (exact) mass is 255 g/mol. The molecule has 3 nitrogen and oxygen atoms in total. The van der Waals surface area contributed by atoms with E-state index in [0.717, 1.165) is 18.4 Å². The van der Waals surface area contributed by atoms with Gasteiger partial charge in [-0.1, -0.05) is 26.7 Å². The summed E-state index contributed by atoms with van der Waals surface area (Å²) in [6, 6.07) is 4.97. The molecule has 0 atom stereocenters. The molecule has 0 aliphatic carbocycles. The van der Waals surface area contributed by atoms with Gasteiger partial charge in [-0.05, 0) is 36.6 Å². The molecule has 2 N–H and O–H groups in total. The molecule has 0 spiro atoms. The highest BCUT2D eigenvalue weighted by Gasteiger charge is 2.20. The van der Waals surface area contributed by atoms with Crippen molar-refractivity contribution in [2.75, 3.05) is 11.5 Å². The number of benzene rings is 1. The molecular formula is C13H21NO2S. The summed E-state index contributed by atoms with van der Waals surface area (Å²) in [5.41, 5.74) is 6.96. The third-order valence-electron chi connectivity index (χ3n) is 3.14. The van der Waals surface area contributed by atoms with Crippen LogP contribution >= 0.6 is 0 Å². The summed E-state index contributed by atoms with van der Waals surface area (Å²) >= 11 is 0. The van der Waals surface area contributed by atoms with E-state index in [1.807, 2.05) is 13.8 Å². The zero-order chi connectivity index (χ0) is 13.1. The van der Waals surface area contributed by atoms with Crippen molar-refractivity contribution in [3.8, 4) is 0 Å². The Kier molecular flexibility index (Phi) is 4.57. The van der Waals surface area contributed by atoms with Crippen molar-refractivity contribution in [3.63, 3.8) is 0 Å². The van der Waals surface area contributed by atoms with E-state index < -0.39 is 9.84 Å². The molecule has 0 aromatic heterocycles. The van der Waals surface area contributed by atoms with Gasteiger partial charge in [-0.2, -0.15) is 0 Å². The number of anilines is 1. The summed E-state index contributed by atoms with van der Waals surface area (Å²) in [4.78, 5) is 0.415. The minimum atomic E-state index is -3.19. The van der Waals surface area contributed by atoms with Gasteiger partial charge in [0.05, 0.1) is 10.6 Å². The van der Waals surface area contributed by atoms with E-state index in [1.165, 1.54) is 0 Å². The molecule has 0 unspecified atom stereocenters. The molecule has 0 bridgehead atoms. The lowest BCUT2D eigenvalue weighted by atomic mass is 10.1. The quantitative estimate of drug-likeness (QED) is 0.823. The Morgan fingerprint density at radius 2 is 1.82 bits per heavy atom. The maximum atomic E-state index is 12.3. The molecule has 0 saturated carbocycles. The SMILES string of the molecule is CCC(CC)CS(=O)(=O)c1ccc(N)cc1C. The molecule has 1 aromatic carbocycles. The van der Waals surface area contributed by atoms with Crippen LogP contribution in [0.25, 0.3) is 0 Å². The first-order chi connectivity index (χ1) is 7.90. The number of nitrogen functional groups attached to an aromatic ring is 1. The molecule has 0 amide bonds. The van der Waals surface area contributed by atoms with Crippen LogP contribution in [0.15, 0.2) is 23.1 Å². The molecule has 96 valence electrons. The van der Waals surface area contributed by atoms with Gasteiger partial charge in [0, 0.05) is 5.69 Å². The second-order valence-corrected chi connectivity index (χ2v) is 6.49. The van der Waals surface area contributed by atoms with Crippen LogP contribution in [-0.2, 0) is 9.84 Å². The Bertz CT molecular complexity index is 476. The number of nitrogens with two attached hydrogens (primary N) is 1. The van der Waals surface area contributed by atoms with Gasteiger partial charge in [-0.3, -0.25) is 0 Å². The van der Waals surface area contributed by atoms with Crippen LogP contribution in [0, 0.1) is 12.8 Å². The van der Waals surface area contributed by atoms with Gasteiger partial charge in [0.1, 0.15) is 0 Å². The largest absolute Gasteiger partial charge is 0.399 e. The van der Waals surface area contributed by atoms with Crippen LogP contribution < -0.4 is 5.73 Å². The van der Waals surface area contributed by atoms with Gasteiger partial charge in [0.15, 0.2) is 9.84 Å². The smallest absolute Gasteiger partial charge is 0.178 e. The van der Waals surface area contributed by atoms with Gasteiger partial charge in [0.25, 0.3) is 0 Å². The van der Waals surface area contributed by atoms with Crippen LogP contribution in [-0.4, -0.2) is 14.2 Å². The molecule has 0 aliphatic rings. The van der Waals surface area contributed by atoms with Gasteiger partial charge < -0.3 is 5.73 Å². The standard InChI is InChI=1S/C13H21NO2S/c1-4-11(5-2)9-17(15,16)13-7-6-12(14)8-10(13)3/h6-8,11H,4-5,9,14H2,1-3H3. The fourth-order valence-electron chi connectivity index (χ4n) is 1.95. The van der Waals surface area contributed by atoms with E-state index in [0.29, 0.717) is 10.6 Å². The lowest BCUT2D eigenvalue weighted by Gasteiger charge is -2.14. The number of hydrogen-bond acceptors (Lipinski definition) is 3. The van der Waals surface area contributed by atoms with Crippen LogP contribution in [0.2, 0.25) is 0 Å². The highest BCUT2D eigenvalue weighted by molar-refractivity contribution is 7.91. The van der Waals surface area contributed by atoms with Crippen molar-refractivity contribution in [2.45, 2.75) is 38.5 Å². The average molecular weight is 255 g/mol. The number of rotatable bonds is 5. The Morgan fingerprint density at radius 1 is 1.24 bits per heavy atom. The summed E-state index contributed by atoms with van der Waals surface area (Å²) in [6.07, 6.45) is 1.79. The van der Waals surface area contributed by atoms with E-state index in [4.69, 9.17) is 5.73 Å². The molecular weight excluding hydrogens is 234 g/mol. The Morgan fingerprint density at radius 3 is 2.29 bits per heavy atom. The molecule has 0 radical (unpaired) electrons. The summed E-state index contributed by atoms with van der Waals surface area (Å²) < 4.78 is 24.5. The third-order valence-corrected chi connectivity index (χ3v) is 5.18. The zero-order valence-electron chi connectivity index (χ0n) is 10.7. The number of aryl methyl sites for hydroxylation is 1. The predicted octanol–water partition coefficient (Wildman–Crippen LogP) is 2.79. The summed E-state index contributed by atoms with van der Waals surface area (Å²) in [5.74, 6) is 0.460. The summed E-state index contributed by atoms with van der Waals surface area (Å²) in [7, 11) is -3.19. The van der Waals surface area contributed by atoms with Gasteiger partial charge in [0.2, 0.25) is 0 Å². The van der Waals surface area contributed by atoms with Crippen molar-refractivity contribution < 1.29 is 8.42 Å². The van der Waals surface area contributed by atoms with E-state index >= 15 is 0 Å². The Hall–Kier alpha value is -1.03. The molecule has 1 aromatic rings. The van der Waals surface area contributed by atoms with Crippen LogP contribution in [0.1, 0.15) is 32.3 Å². The first-order valence-electron chi connectivity index (χ1n) is 5.99. The van der Waals surface area contributed by atoms with Crippen molar-refractivity contribution in [1.82, 2.24) is 0 Å². The Labute approximate surface area is 104 Å². The fraction of sp³-hybridized carbons (Fsp3) is 0.538. The van der Waals surface area contributed by atoms with Gasteiger partial charge in [-0.25, -0.2) is 8.42 Å².